The first-order chi connectivity index (χ1) is 14.8. The minimum atomic E-state index is -0.744. The van der Waals surface area contributed by atoms with Crippen LogP contribution in [-0.4, -0.2) is 31.4 Å². The Morgan fingerprint density at radius 1 is 1.19 bits per heavy atom. The zero-order chi connectivity index (χ0) is 22.6. The number of rotatable bonds is 7. The Hall–Kier alpha value is -3.06. The van der Waals surface area contributed by atoms with Gasteiger partial charge in [-0.25, -0.2) is 0 Å². The van der Waals surface area contributed by atoms with Gasteiger partial charge in [-0.15, -0.1) is 0 Å². The van der Waals surface area contributed by atoms with E-state index in [1.807, 2.05) is 13.8 Å². The van der Waals surface area contributed by atoms with Gasteiger partial charge < -0.3 is 14.8 Å². The molecule has 0 bridgehead atoms. The van der Waals surface area contributed by atoms with Crippen molar-refractivity contribution in [2.24, 2.45) is 0 Å². The Morgan fingerprint density at radius 2 is 1.90 bits per heavy atom. The zero-order valence-electron chi connectivity index (χ0n) is 17.7. The average Bonchev–Trinajstić information content (AvgIpc) is 2.76. The number of carbonyl (C=O) groups excluding carboxylic acids is 3. The van der Waals surface area contributed by atoms with E-state index in [0.717, 1.165) is 5.56 Å². The number of anilines is 1. The third kappa shape index (κ3) is 4.51. The molecular weight excluding hydrogens is 420 g/mol. The van der Waals surface area contributed by atoms with E-state index in [1.54, 1.807) is 30.3 Å². The molecule has 2 aromatic rings. The summed E-state index contributed by atoms with van der Waals surface area (Å²) in [5.74, 6) is -0.122. The number of ether oxygens (including phenoxy) is 2. The predicted molar refractivity (Wildman–Crippen MR) is 118 cm³/mol. The number of nitrogens with one attached hydrogen (secondary N) is 2. The van der Waals surface area contributed by atoms with Gasteiger partial charge in [-0.05, 0) is 49.6 Å². The standard InChI is InChI=1S/C23H25ClN2O5/c1-4-23(11-10-19(27)26-22(23)29)15-6-8-16(9-7-15)25-21(28)14-12-17(24)20(31-5-2)18(13-14)30-3/h6-9,12-13H,4-5,10-11H2,1-3H3,(H,25,28)(H,26,27,29)/t23-/m1/s1. The lowest BCUT2D eigenvalue weighted by atomic mass is 9.72. The first kappa shape index (κ1) is 22.6. The highest BCUT2D eigenvalue weighted by molar-refractivity contribution is 6.32. The van der Waals surface area contributed by atoms with E-state index in [0.29, 0.717) is 48.6 Å². The third-order valence-corrected chi connectivity index (χ3v) is 5.83. The first-order valence-electron chi connectivity index (χ1n) is 10.1. The molecular formula is C23H25ClN2O5. The summed E-state index contributed by atoms with van der Waals surface area (Å²) in [6.07, 6.45) is 1.34. The Labute approximate surface area is 186 Å². The summed E-state index contributed by atoms with van der Waals surface area (Å²) < 4.78 is 10.8. The van der Waals surface area contributed by atoms with Gasteiger partial charge in [-0.1, -0.05) is 30.7 Å². The highest BCUT2D eigenvalue weighted by atomic mass is 35.5. The quantitative estimate of drug-likeness (QED) is 0.627. The van der Waals surface area contributed by atoms with Crippen LogP contribution in [0.2, 0.25) is 5.02 Å². The number of halogens is 1. The van der Waals surface area contributed by atoms with Gasteiger partial charge in [0.15, 0.2) is 11.5 Å². The first-order valence-corrected chi connectivity index (χ1v) is 10.5. The molecule has 1 heterocycles. The summed E-state index contributed by atoms with van der Waals surface area (Å²) in [7, 11) is 1.48. The van der Waals surface area contributed by atoms with Crippen molar-refractivity contribution >= 4 is 35.0 Å². The Balaban J connectivity index is 1.80. The highest BCUT2D eigenvalue weighted by Gasteiger charge is 2.42. The van der Waals surface area contributed by atoms with Gasteiger partial charge in [0, 0.05) is 17.7 Å². The molecule has 2 N–H and O–H groups in total. The molecule has 31 heavy (non-hydrogen) atoms. The number of carbonyl (C=O) groups is 3. The maximum atomic E-state index is 12.7. The Kier molecular flexibility index (Phi) is 6.85. The van der Waals surface area contributed by atoms with Crippen LogP contribution in [0.25, 0.3) is 0 Å². The van der Waals surface area contributed by atoms with Crippen LogP contribution in [0, 0.1) is 0 Å². The van der Waals surface area contributed by atoms with E-state index >= 15 is 0 Å². The fourth-order valence-corrected chi connectivity index (χ4v) is 4.04. The molecule has 3 rings (SSSR count). The van der Waals surface area contributed by atoms with Gasteiger partial charge in [-0.3, -0.25) is 19.7 Å². The summed E-state index contributed by atoms with van der Waals surface area (Å²) in [4.78, 5) is 36.8. The lowest BCUT2D eigenvalue weighted by Gasteiger charge is -2.35. The van der Waals surface area contributed by atoms with Gasteiger partial charge in [0.05, 0.1) is 24.2 Å². The van der Waals surface area contributed by atoms with Crippen LogP contribution < -0.4 is 20.1 Å². The normalized spacial score (nSPS) is 18.3. The molecule has 1 aliphatic rings. The van der Waals surface area contributed by atoms with E-state index < -0.39 is 5.41 Å². The predicted octanol–water partition coefficient (Wildman–Crippen LogP) is 4.08. The Bertz CT molecular complexity index is 1010. The average molecular weight is 445 g/mol. The molecule has 0 spiro atoms. The fraction of sp³-hybridized carbons (Fsp3) is 0.348. The van der Waals surface area contributed by atoms with Gasteiger partial charge >= 0.3 is 0 Å². The zero-order valence-corrected chi connectivity index (χ0v) is 18.5. The van der Waals surface area contributed by atoms with E-state index in [4.69, 9.17) is 21.1 Å². The molecule has 8 heteroatoms. The van der Waals surface area contributed by atoms with Crippen LogP contribution in [0.1, 0.15) is 49.0 Å². The number of piperidine rings is 1. The minimum absolute atomic E-state index is 0.248. The largest absolute Gasteiger partial charge is 0.493 e. The second-order valence-electron chi connectivity index (χ2n) is 7.27. The molecule has 0 saturated carbocycles. The summed E-state index contributed by atoms with van der Waals surface area (Å²) in [6.45, 7) is 4.17. The minimum Gasteiger partial charge on any atom is -0.493 e. The van der Waals surface area contributed by atoms with Gasteiger partial charge in [0.2, 0.25) is 11.8 Å². The number of hydrogen-bond donors (Lipinski definition) is 2. The molecule has 0 aliphatic carbocycles. The number of benzene rings is 2. The molecule has 0 unspecified atom stereocenters. The van der Waals surface area contributed by atoms with Crippen molar-refractivity contribution in [3.05, 3.63) is 52.5 Å². The van der Waals surface area contributed by atoms with Crippen LogP contribution in [0.15, 0.2) is 36.4 Å². The van der Waals surface area contributed by atoms with Crippen molar-refractivity contribution in [3.63, 3.8) is 0 Å². The smallest absolute Gasteiger partial charge is 0.255 e. The van der Waals surface area contributed by atoms with E-state index in [1.165, 1.54) is 13.2 Å². The molecule has 3 amide bonds. The lowest BCUT2D eigenvalue weighted by Crippen LogP contribution is -2.51. The SMILES string of the molecule is CCOc1c(Cl)cc(C(=O)Nc2ccc([C@@]3(CC)CCC(=O)NC3=O)cc2)cc1OC. The van der Waals surface area contributed by atoms with Crippen molar-refractivity contribution in [2.75, 3.05) is 19.0 Å². The Morgan fingerprint density at radius 3 is 2.48 bits per heavy atom. The van der Waals surface area contributed by atoms with Crippen LogP contribution in [-0.2, 0) is 15.0 Å². The van der Waals surface area contributed by atoms with Crippen molar-refractivity contribution < 1.29 is 23.9 Å². The molecule has 1 saturated heterocycles. The summed E-state index contributed by atoms with van der Waals surface area (Å²) in [5, 5.41) is 5.54. The number of imide groups is 1. The fourth-order valence-electron chi connectivity index (χ4n) is 3.78. The summed E-state index contributed by atoms with van der Waals surface area (Å²) in [6, 6.07) is 10.2. The monoisotopic (exact) mass is 444 g/mol. The van der Waals surface area contributed by atoms with E-state index in [2.05, 4.69) is 10.6 Å². The molecule has 1 fully saturated rings. The van der Waals surface area contributed by atoms with Crippen LogP contribution in [0.5, 0.6) is 11.5 Å². The molecule has 2 aromatic carbocycles. The van der Waals surface area contributed by atoms with Crippen molar-refractivity contribution in [1.82, 2.24) is 5.32 Å². The topological polar surface area (TPSA) is 93.7 Å². The van der Waals surface area contributed by atoms with Crippen molar-refractivity contribution in [3.8, 4) is 11.5 Å². The van der Waals surface area contributed by atoms with E-state index in [-0.39, 0.29) is 22.7 Å². The number of hydrogen-bond acceptors (Lipinski definition) is 5. The van der Waals surface area contributed by atoms with Gasteiger partial charge in [-0.2, -0.15) is 0 Å². The van der Waals surface area contributed by atoms with Crippen LogP contribution in [0.4, 0.5) is 5.69 Å². The van der Waals surface area contributed by atoms with Crippen molar-refractivity contribution in [2.45, 2.75) is 38.5 Å². The second kappa shape index (κ2) is 9.39. The summed E-state index contributed by atoms with van der Waals surface area (Å²) >= 11 is 6.25. The van der Waals surface area contributed by atoms with E-state index in [9.17, 15) is 14.4 Å². The van der Waals surface area contributed by atoms with Crippen LogP contribution in [0.3, 0.4) is 0 Å². The molecule has 164 valence electrons. The third-order valence-electron chi connectivity index (χ3n) is 5.55. The highest BCUT2D eigenvalue weighted by Crippen LogP contribution is 2.38. The number of amides is 3. The van der Waals surface area contributed by atoms with Gasteiger partial charge in [0.1, 0.15) is 0 Å². The number of methoxy groups -OCH3 is 1. The molecule has 0 radical (unpaired) electrons. The summed E-state index contributed by atoms with van der Waals surface area (Å²) in [5.41, 5.74) is 0.955. The second-order valence-corrected chi connectivity index (χ2v) is 7.67. The van der Waals surface area contributed by atoms with Crippen LogP contribution >= 0.6 is 11.6 Å². The molecule has 0 aromatic heterocycles. The molecule has 1 atom stereocenters. The maximum absolute atomic E-state index is 12.7. The van der Waals surface area contributed by atoms with Gasteiger partial charge in [0.25, 0.3) is 5.91 Å². The van der Waals surface area contributed by atoms with Crippen molar-refractivity contribution in [1.29, 1.82) is 0 Å². The lowest BCUT2D eigenvalue weighted by molar-refractivity contribution is -0.138. The maximum Gasteiger partial charge on any atom is 0.255 e. The molecule has 1 aliphatic heterocycles. The molecule has 7 nitrogen and oxygen atoms in total.